The van der Waals surface area contributed by atoms with Gasteiger partial charge in [0.15, 0.2) is 5.92 Å². The van der Waals surface area contributed by atoms with Crippen LogP contribution in [0.4, 0.5) is 0 Å². The SMILES string of the molecule is COC(=O)C(C#N)c1ccc(OCc2ccccc2)cc1. The predicted octanol–water partition coefficient (Wildman–Crippen LogP) is 3.05. The van der Waals surface area contributed by atoms with Crippen molar-refractivity contribution in [1.82, 2.24) is 0 Å². The molecule has 2 aromatic carbocycles. The van der Waals surface area contributed by atoms with Crippen LogP contribution in [0, 0.1) is 11.3 Å². The summed E-state index contributed by atoms with van der Waals surface area (Å²) in [6.07, 6.45) is 0. The van der Waals surface area contributed by atoms with Gasteiger partial charge in [0, 0.05) is 0 Å². The second-order valence-corrected chi connectivity index (χ2v) is 4.43. The molecule has 0 saturated heterocycles. The second-order valence-electron chi connectivity index (χ2n) is 4.43. The summed E-state index contributed by atoms with van der Waals surface area (Å²) in [5, 5.41) is 9.02. The van der Waals surface area contributed by atoms with Crippen LogP contribution in [0.15, 0.2) is 54.6 Å². The Morgan fingerprint density at radius 1 is 1.14 bits per heavy atom. The first-order valence-corrected chi connectivity index (χ1v) is 6.48. The van der Waals surface area contributed by atoms with Gasteiger partial charge in [-0.05, 0) is 23.3 Å². The van der Waals surface area contributed by atoms with Crippen LogP contribution in [0.1, 0.15) is 17.0 Å². The molecule has 0 amide bonds. The molecule has 0 radical (unpaired) electrons. The molecule has 2 aromatic rings. The Kier molecular flexibility index (Phi) is 4.94. The van der Waals surface area contributed by atoms with Gasteiger partial charge >= 0.3 is 5.97 Å². The van der Waals surface area contributed by atoms with Crippen molar-refractivity contribution in [2.45, 2.75) is 12.5 Å². The summed E-state index contributed by atoms with van der Waals surface area (Å²) in [5.74, 6) is -0.780. The van der Waals surface area contributed by atoms with E-state index in [0.717, 1.165) is 5.56 Å². The molecule has 0 aliphatic heterocycles. The summed E-state index contributed by atoms with van der Waals surface area (Å²) >= 11 is 0. The second kappa shape index (κ2) is 7.11. The standard InChI is InChI=1S/C17H15NO3/c1-20-17(19)16(11-18)14-7-9-15(10-8-14)21-12-13-5-3-2-4-6-13/h2-10,16H,12H2,1H3. The van der Waals surface area contributed by atoms with Gasteiger partial charge in [-0.25, -0.2) is 0 Å². The van der Waals surface area contributed by atoms with E-state index in [-0.39, 0.29) is 0 Å². The molecule has 0 bridgehead atoms. The van der Waals surface area contributed by atoms with E-state index < -0.39 is 11.9 Å². The quantitative estimate of drug-likeness (QED) is 0.790. The molecule has 4 nitrogen and oxygen atoms in total. The average Bonchev–Trinajstić information content (AvgIpc) is 2.55. The molecule has 0 fully saturated rings. The first-order valence-electron chi connectivity index (χ1n) is 6.48. The monoisotopic (exact) mass is 281 g/mol. The Bertz CT molecular complexity index is 629. The third kappa shape index (κ3) is 3.83. The van der Waals surface area contributed by atoms with E-state index >= 15 is 0 Å². The van der Waals surface area contributed by atoms with Gasteiger partial charge in [-0.2, -0.15) is 5.26 Å². The van der Waals surface area contributed by atoms with Crippen molar-refractivity contribution in [2.24, 2.45) is 0 Å². The van der Waals surface area contributed by atoms with Crippen molar-refractivity contribution in [3.05, 3.63) is 65.7 Å². The van der Waals surface area contributed by atoms with Crippen LogP contribution in [0.25, 0.3) is 0 Å². The van der Waals surface area contributed by atoms with Crippen molar-refractivity contribution in [2.75, 3.05) is 7.11 Å². The third-order valence-corrected chi connectivity index (χ3v) is 3.03. The zero-order valence-electron chi connectivity index (χ0n) is 11.7. The molecule has 0 saturated carbocycles. The number of methoxy groups -OCH3 is 1. The minimum Gasteiger partial charge on any atom is -0.489 e. The van der Waals surface area contributed by atoms with Crippen LogP contribution in [-0.4, -0.2) is 13.1 Å². The molecule has 0 aromatic heterocycles. The normalized spacial score (nSPS) is 11.2. The first kappa shape index (κ1) is 14.6. The summed E-state index contributed by atoms with van der Waals surface area (Å²) in [4.78, 5) is 11.5. The minimum absolute atomic E-state index is 0.471. The summed E-state index contributed by atoms with van der Waals surface area (Å²) < 4.78 is 10.2. The molecule has 106 valence electrons. The van der Waals surface area contributed by atoms with Gasteiger partial charge in [-0.1, -0.05) is 42.5 Å². The average molecular weight is 281 g/mol. The fourth-order valence-corrected chi connectivity index (χ4v) is 1.88. The first-order chi connectivity index (χ1) is 10.2. The highest BCUT2D eigenvalue weighted by Crippen LogP contribution is 2.21. The summed E-state index contributed by atoms with van der Waals surface area (Å²) in [7, 11) is 1.27. The van der Waals surface area contributed by atoms with Gasteiger partial charge in [0.2, 0.25) is 0 Å². The van der Waals surface area contributed by atoms with E-state index in [4.69, 9.17) is 10.00 Å². The summed E-state index contributed by atoms with van der Waals surface area (Å²) in [6, 6.07) is 18.6. The van der Waals surface area contributed by atoms with E-state index in [2.05, 4.69) is 4.74 Å². The van der Waals surface area contributed by atoms with Gasteiger partial charge in [0.05, 0.1) is 13.2 Å². The van der Waals surface area contributed by atoms with Crippen molar-refractivity contribution >= 4 is 5.97 Å². The van der Waals surface area contributed by atoms with Crippen LogP contribution in [0.2, 0.25) is 0 Å². The topological polar surface area (TPSA) is 59.3 Å². The Balaban J connectivity index is 2.02. The fourth-order valence-electron chi connectivity index (χ4n) is 1.88. The number of carbonyl (C=O) groups is 1. The molecule has 1 unspecified atom stereocenters. The molecule has 0 heterocycles. The third-order valence-electron chi connectivity index (χ3n) is 3.03. The number of rotatable bonds is 5. The molecule has 0 aliphatic carbocycles. The number of nitriles is 1. The molecular formula is C17H15NO3. The van der Waals surface area contributed by atoms with E-state index in [0.29, 0.717) is 17.9 Å². The van der Waals surface area contributed by atoms with Crippen molar-refractivity contribution < 1.29 is 14.3 Å². The highest BCUT2D eigenvalue weighted by Gasteiger charge is 2.20. The maximum Gasteiger partial charge on any atom is 0.327 e. The van der Waals surface area contributed by atoms with Crippen LogP contribution in [-0.2, 0) is 16.1 Å². The molecule has 2 rings (SSSR count). The minimum atomic E-state index is -0.904. The molecule has 1 atom stereocenters. The Morgan fingerprint density at radius 2 is 1.81 bits per heavy atom. The maximum atomic E-state index is 11.5. The van der Waals surface area contributed by atoms with Crippen LogP contribution in [0.3, 0.4) is 0 Å². The smallest absolute Gasteiger partial charge is 0.327 e. The fraction of sp³-hybridized carbons (Fsp3) is 0.176. The number of esters is 1. The number of nitrogens with zero attached hydrogens (tertiary/aromatic N) is 1. The lowest BCUT2D eigenvalue weighted by Gasteiger charge is -2.09. The largest absolute Gasteiger partial charge is 0.489 e. The number of benzene rings is 2. The number of carbonyl (C=O) groups excluding carboxylic acids is 1. The lowest BCUT2D eigenvalue weighted by Crippen LogP contribution is -2.12. The van der Waals surface area contributed by atoms with E-state index in [9.17, 15) is 4.79 Å². The van der Waals surface area contributed by atoms with E-state index in [1.54, 1.807) is 24.3 Å². The number of hydrogen-bond acceptors (Lipinski definition) is 4. The lowest BCUT2D eigenvalue weighted by atomic mass is 10.0. The molecule has 0 aliphatic rings. The maximum absolute atomic E-state index is 11.5. The van der Waals surface area contributed by atoms with Crippen molar-refractivity contribution in [3.8, 4) is 11.8 Å². The van der Waals surface area contributed by atoms with E-state index in [1.807, 2.05) is 36.4 Å². The summed E-state index contributed by atoms with van der Waals surface area (Å²) in [6.45, 7) is 0.471. The van der Waals surface area contributed by atoms with Crippen molar-refractivity contribution in [3.63, 3.8) is 0 Å². The highest BCUT2D eigenvalue weighted by molar-refractivity contribution is 5.81. The zero-order chi connectivity index (χ0) is 15.1. The van der Waals surface area contributed by atoms with E-state index in [1.165, 1.54) is 7.11 Å². The number of hydrogen-bond donors (Lipinski definition) is 0. The number of ether oxygens (including phenoxy) is 2. The Morgan fingerprint density at radius 3 is 2.38 bits per heavy atom. The Hall–Kier alpha value is -2.80. The molecule has 21 heavy (non-hydrogen) atoms. The van der Waals surface area contributed by atoms with Gasteiger partial charge in [-0.15, -0.1) is 0 Å². The van der Waals surface area contributed by atoms with Gasteiger partial charge < -0.3 is 9.47 Å². The lowest BCUT2D eigenvalue weighted by molar-refractivity contribution is -0.140. The van der Waals surface area contributed by atoms with Crippen LogP contribution in [0.5, 0.6) is 5.75 Å². The molecule has 0 N–H and O–H groups in total. The van der Waals surface area contributed by atoms with Crippen molar-refractivity contribution in [1.29, 1.82) is 5.26 Å². The predicted molar refractivity (Wildman–Crippen MR) is 77.6 cm³/mol. The van der Waals surface area contributed by atoms with Crippen LogP contribution < -0.4 is 4.74 Å². The highest BCUT2D eigenvalue weighted by atomic mass is 16.5. The van der Waals surface area contributed by atoms with Gasteiger partial charge in [0.1, 0.15) is 12.4 Å². The van der Waals surface area contributed by atoms with Crippen LogP contribution >= 0.6 is 0 Å². The van der Waals surface area contributed by atoms with Gasteiger partial charge in [0.25, 0.3) is 0 Å². The summed E-state index contributed by atoms with van der Waals surface area (Å²) in [5.41, 5.74) is 1.67. The molecular weight excluding hydrogens is 266 g/mol. The molecule has 4 heteroatoms. The van der Waals surface area contributed by atoms with Gasteiger partial charge in [-0.3, -0.25) is 4.79 Å². The Labute approximate surface area is 123 Å². The zero-order valence-corrected chi connectivity index (χ0v) is 11.7. The molecule has 0 spiro atoms.